The number of nitrogens with zero attached hydrogens (tertiary/aromatic N) is 2. The van der Waals surface area contributed by atoms with E-state index in [-0.39, 0.29) is 6.61 Å². The maximum atomic E-state index is 10.3. The molecule has 0 aliphatic carbocycles. The quantitative estimate of drug-likeness (QED) is 0.371. The van der Waals surface area contributed by atoms with Crippen LogP contribution in [0.25, 0.3) is 0 Å². The van der Waals surface area contributed by atoms with Gasteiger partial charge in [0.1, 0.15) is 0 Å². The van der Waals surface area contributed by atoms with Gasteiger partial charge in [0, 0.05) is 26.2 Å². The first-order valence-electron chi connectivity index (χ1n) is 5.99. The molecule has 0 spiro atoms. The van der Waals surface area contributed by atoms with E-state index in [1.807, 2.05) is 23.9 Å². The molecule has 0 aliphatic rings. The summed E-state index contributed by atoms with van der Waals surface area (Å²) in [5, 5.41) is 8.91. The first-order valence-corrected chi connectivity index (χ1v) is 7.36. The molecule has 9 heteroatoms. The molecule has 0 aromatic carbocycles. The van der Waals surface area contributed by atoms with Gasteiger partial charge in [-0.2, -0.15) is 8.42 Å². The molecule has 0 amide bonds. The summed E-state index contributed by atoms with van der Waals surface area (Å²) >= 11 is 0. The van der Waals surface area contributed by atoms with Crippen molar-refractivity contribution in [2.75, 3.05) is 53.5 Å². The summed E-state index contributed by atoms with van der Waals surface area (Å²) in [7, 11) is -0.597. The first-order chi connectivity index (χ1) is 8.70. The Hall–Kier alpha value is -0.290. The molecule has 1 atom stereocenters. The predicted molar refractivity (Wildman–Crippen MR) is 70.1 cm³/mol. The van der Waals surface area contributed by atoms with Crippen LogP contribution in [0.4, 0.5) is 0 Å². The van der Waals surface area contributed by atoms with Crippen molar-refractivity contribution >= 4 is 10.4 Å². The zero-order valence-electron chi connectivity index (χ0n) is 11.7. The van der Waals surface area contributed by atoms with Gasteiger partial charge >= 0.3 is 10.4 Å². The molecule has 0 fully saturated rings. The molecule has 0 aliphatic heterocycles. The lowest BCUT2D eigenvalue weighted by Gasteiger charge is -2.21. The Morgan fingerprint density at radius 1 is 1.05 bits per heavy atom. The van der Waals surface area contributed by atoms with Gasteiger partial charge in [-0.3, -0.25) is 4.55 Å². The Bertz CT molecular complexity index is 322. The van der Waals surface area contributed by atoms with E-state index in [4.69, 9.17) is 14.4 Å². The molecule has 1 unspecified atom stereocenters. The summed E-state index contributed by atoms with van der Waals surface area (Å²) in [4.78, 5) is 3.92. The van der Waals surface area contributed by atoms with Gasteiger partial charge in [0.25, 0.3) is 0 Å². The second-order valence-electron chi connectivity index (χ2n) is 4.33. The standard InChI is InChI=1S/C10H24N2O6S/c1-10(13)17-8-6-11(2)4-5-12(3)7-9-18-19(14,15)16/h10,13H,4-9H2,1-3H3,(H,14,15,16). The van der Waals surface area contributed by atoms with E-state index in [9.17, 15) is 8.42 Å². The highest BCUT2D eigenvalue weighted by Crippen LogP contribution is 1.91. The van der Waals surface area contributed by atoms with Crippen LogP contribution in [0.2, 0.25) is 0 Å². The van der Waals surface area contributed by atoms with Crippen molar-refractivity contribution in [1.82, 2.24) is 9.80 Å². The zero-order valence-corrected chi connectivity index (χ0v) is 12.5. The Balaban J connectivity index is 3.58. The number of likely N-dealkylation sites (N-methyl/N-ethyl adjacent to an activating group) is 2. The highest BCUT2D eigenvalue weighted by molar-refractivity contribution is 7.80. The molecule has 0 saturated carbocycles. The van der Waals surface area contributed by atoms with E-state index in [0.717, 1.165) is 13.1 Å². The molecule has 0 radical (unpaired) electrons. The van der Waals surface area contributed by atoms with Crippen molar-refractivity contribution in [3.8, 4) is 0 Å². The molecule has 0 heterocycles. The van der Waals surface area contributed by atoms with E-state index >= 15 is 0 Å². The third kappa shape index (κ3) is 13.9. The Morgan fingerprint density at radius 3 is 1.95 bits per heavy atom. The fourth-order valence-corrected chi connectivity index (χ4v) is 1.53. The van der Waals surface area contributed by atoms with Crippen molar-refractivity contribution < 1.29 is 27.0 Å². The first kappa shape index (κ1) is 18.7. The molecular weight excluding hydrogens is 276 g/mol. The van der Waals surface area contributed by atoms with Crippen molar-refractivity contribution in [2.45, 2.75) is 13.2 Å². The van der Waals surface area contributed by atoms with Gasteiger partial charge < -0.3 is 19.6 Å². The number of hydrogen-bond donors (Lipinski definition) is 2. The summed E-state index contributed by atoms with van der Waals surface area (Å²) in [6, 6.07) is 0. The van der Waals surface area contributed by atoms with Crippen LogP contribution in [0.5, 0.6) is 0 Å². The second kappa shape index (κ2) is 9.59. The summed E-state index contributed by atoms with van der Waals surface area (Å²) < 4.78 is 38.3. The van der Waals surface area contributed by atoms with Crippen LogP contribution in [0.15, 0.2) is 0 Å². The Labute approximate surface area is 114 Å². The van der Waals surface area contributed by atoms with Gasteiger partial charge in [0.05, 0.1) is 13.2 Å². The fourth-order valence-electron chi connectivity index (χ4n) is 1.24. The van der Waals surface area contributed by atoms with Crippen molar-refractivity contribution in [3.63, 3.8) is 0 Å². The second-order valence-corrected chi connectivity index (χ2v) is 5.42. The van der Waals surface area contributed by atoms with E-state index in [1.54, 1.807) is 6.92 Å². The average molecular weight is 300 g/mol. The van der Waals surface area contributed by atoms with Gasteiger partial charge in [-0.1, -0.05) is 0 Å². The number of aliphatic hydroxyl groups excluding tert-OH is 1. The molecule has 0 aromatic heterocycles. The normalized spacial score (nSPS) is 14.3. The third-order valence-corrected chi connectivity index (χ3v) is 2.87. The van der Waals surface area contributed by atoms with Crippen LogP contribution in [0, 0.1) is 0 Å². The molecule has 0 aromatic rings. The monoisotopic (exact) mass is 300 g/mol. The largest absolute Gasteiger partial charge is 0.397 e. The maximum Gasteiger partial charge on any atom is 0.397 e. The van der Waals surface area contributed by atoms with Gasteiger partial charge in [0.2, 0.25) is 0 Å². The minimum atomic E-state index is -4.35. The van der Waals surface area contributed by atoms with Crippen LogP contribution in [-0.4, -0.2) is 87.7 Å². The van der Waals surface area contributed by atoms with Crippen molar-refractivity contribution in [2.24, 2.45) is 0 Å². The molecular formula is C10H24N2O6S. The van der Waals surface area contributed by atoms with Crippen LogP contribution in [-0.2, 0) is 19.3 Å². The molecule has 0 saturated heterocycles. The number of aliphatic hydroxyl groups is 1. The average Bonchev–Trinajstić information content (AvgIpc) is 2.24. The molecule has 2 N–H and O–H groups in total. The molecule has 0 rings (SSSR count). The minimum Gasteiger partial charge on any atom is -0.368 e. The Morgan fingerprint density at radius 2 is 1.53 bits per heavy atom. The number of hydrogen-bond acceptors (Lipinski definition) is 7. The molecule has 19 heavy (non-hydrogen) atoms. The van der Waals surface area contributed by atoms with E-state index < -0.39 is 16.7 Å². The SMILES string of the molecule is CC(O)OCCN(C)CCN(C)CCOS(=O)(=O)O. The van der Waals surface area contributed by atoms with Crippen LogP contribution >= 0.6 is 0 Å². The van der Waals surface area contributed by atoms with Crippen LogP contribution in [0.1, 0.15) is 6.92 Å². The highest BCUT2D eigenvalue weighted by atomic mass is 32.3. The highest BCUT2D eigenvalue weighted by Gasteiger charge is 2.06. The van der Waals surface area contributed by atoms with E-state index in [1.165, 1.54) is 0 Å². The molecule has 116 valence electrons. The summed E-state index contributed by atoms with van der Waals surface area (Å²) in [5.74, 6) is 0. The van der Waals surface area contributed by atoms with E-state index in [0.29, 0.717) is 19.7 Å². The van der Waals surface area contributed by atoms with Crippen molar-refractivity contribution in [3.05, 3.63) is 0 Å². The number of rotatable bonds is 11. The lowest BCUT2D eigenvalue weighted by molar-refractivity contribution is -0.0884. The molecule has 0 bridgehead atoms. The maximum absolute atomic E-state index is 10.3. The lowest BCUT2D eigenvalue weighted by Crippen LogP contribution is -2.34. The van der Waals surface area contributed by atoms with Gasteiger partial charge in [0.15, 0.2) is 6.29 Å². The summed E-state index contributed by atoms with van der Waals surface area (Å²) in [5.41, 5.74) is 0. The van der Waals surface area contributed by atoms with Crippen molar-refractivity contribution in [1.29, 1.82) is 0 Å². The number of ether oxygens (including phenoxy) is 1. The lowest BCUT2D eigenvalue weighted by atomic mass is 10.4. The van der Waals surface area contributed by atoms with E-state index in [2.05, 4.69) is 4.18 Å². The molecule has 8 nitrogen and oxygen atoms in total. The minimum absolute atomic E-state index is 0.0792. The van der Waals surface area contributed by atoms with Crippen LogP contribution < -0.4 is 0 Å². The third-order valence-electron chi connectivity index (χ3n) is 2.40. The summed E-state index contributed by atoms with van der Waals surface area (Å²) in [6.07, 6.45) is -0.756. The summed E-state index contributed by atoms with van der Waals surface area (Å²) in [6.45, 7) is 4.51. The fraction of sp³-hybridized carbons (Fsp3) is 1.00. The zero-order chi connectivity index (χ0) is 14.9. The predicted octanol–water partition coefficient (Wildman–Crippen LogP) is -0.976. The Kier molecular flexibility index (Phi) is 9.44. The van der Waals surface area contributed by atoms with Gasteiger partial charge in [-0.25, -0.2) is 4.18 Å². The van der Waals surface area contributed by atoms with Gasteiger partial charge in [-0.05, 0) is 21.0 Å². The van der Waals surface area contributed by atoms with Crippen LogP contribution in [0.3, 0.4) is 0 Å². The van der Waals surface area contributed by atoms with Gasteiger partial charge in [-0.15, -0.1) is 0 Å². The topological polar surface area (TPSA) is 99.5 Å². The smallest absolute Gasteiger partial charge is 0.368 e.